The summed E-state index contributed by atoms with van der Waals surface area (Å²) in [6.45, 7) is 9.78. The Hall–Kier alpha value is -1.94. The minimum absolute atomic E-state index is 0.108. The highest BCUT2D eigenvalue weighted by atomic mass is 31.2. The molecule has 0 spiro atoms. The second kappa shape index (κ2) is 82.2. The molecule has 110 heavy (non-hydrogen) atoms. The lowest BCUT2D eigenvalue weighted by Crippen LogP contribution is -2.30. The van der Waals surface area contributed by atoms with Gasteiger partial charge in [0.2, 0.25) is 0 Å². The summed E-state index contributed by atoms with van der Waals surface area (Å²) in [4.78, 5) is 73.4. The van der Waals surface area contributed by atoms with Gasteiger partial charge in [-0.15, -0.1) is 0 Å². The Morgan fingerprint density at radius 1 is 0.255 bits per heavy atom. The first-order valence-electron chi connectivity index (χ1n) is 47.1. The van der Waals surface area contributed by atoms with Crippen LogP contribution in [0, 0.1) is 11.8 Å². The summed E-state index contributed by atoms with van der Waals surface area (Å²) >= 11 is 0. The van der Waals surface area contributed by atoms with E-state index < -0.39 is 97.5 Å². The number of unbranched alkanes of at least 4 members (excludes halogenated alkanes) is 58. The lowest BCUT2D eigenvalue weighted by Gasteiger charge is -2.21. The third kappa shape index (κ3) is 81.2. The molecular weight excluding hydrogens is 1430 g/mol. The van der Waals surface area contributed by atoms with Crippen molar-refractivity contribution in [2.24, 2.45) is 11.8 Å². The molecule has 19 heteroatoms. The Morgan fingerprint density at radius 3 is 0.645 bits per heavy atom. The Labute approximate surface area is 677 Å². The number of carbonyl (C=O) groups excluding carboxylic acids is 4. The van der Waals surface area contributed by atoms with Gasteiger partial charge in [0.15, 0.2) is 12.2 Å². The van der Waals surface area contributed by atoms with E-state index >= 15 is 0 Å². The number of phosphoric ester groups is 2. The first-order chi connectivity index (χ1) is 53.4. The van der Waals surface area contributed by atoms with Gasteiger partial charge >= 0.3 is 39.5 Å². The van der Waals surface area contributed by atoms with E-state index in [1.807, 2.05) is 0 Å². The summed E-state index contributed by atoms with van der Waals surface area (Å²) in [5, 5.41) is 10.7. The number of aliphatic hydroxyl groups is 1. The maximum Gasteiger partial charge on any atom is 0.472 e. The van der Waals surface area contributed by atoms with Crippen LogP contribution in [0.1, 0.15) is 491 Å². The van der Waals surface area contributed by atoms with Gasteiger partial charge in [-0.1, -0.05) is 440 Å². The van der Waals surface area contributed by atoms with Crippen LogP contribution in [0.2, 0.25) is 0 Å². The number of carbonyl (C=O) groups is 4. The van der Waals surface area contributed by atoms with Crippen LogP contribution in [0.25, 0.3) is 0 Å². The molecule has 7 atom stereocenters. The van der Waals surface area contributed by atoms with Crippen LogP contribution < -0.4 is 0 Å². The van der Waals surface area contributed by atoms with E-state index in [1.54, 1.807) is 0 Å². The standard InChI is InChI=1S/C91H178O17P2/c1-7-11-13-15-17-19-21-23-25-27-28-33-36-40-44-48-55-61-67-73-88(93)101-79-86(107-90(95)75-70-64-58-50-46-42-38-34-30-29-32-35-39-43-47-53-59-65-71-83(5)9-3)81-105-109(97,98)103-77-85(92)78-104-110(99,100)106-82-87(80-102-89(94)74-68-62-56-52-51-54-60-66-72-84(6)10-4)108-91(96)76-69-63-57-49-45-41-37-31-26-24-22-20-18-16-14-12-8-2/h83-87,92H,7-82H2,1-6H3,(H,97,98)(H,99,100)/t83?,84?,85-,86-,87-/m1/s1. The van der Waals surface area contributed by atoms with E-state index in [9.17, 15) is 43.2 Å². The Morgan fingerprint density at radius 2 is 0.436 bits per heavy atom. The number of rotatable bonds is 90. The Bertz CT molecular complexity index is 2100. The fourth-order valence-electron chi connectivity index (χ4n) is 14.2. The minimum Gasteiger partial charge on any atom is -0.462 e. The molecule has 0 heterocycles. The van der Waals surface area contributed by atoms with E-state index in [4.69, 9.17) is 37.0 Å². The molecular formula is C91H178O17P2. The quantitative estimate of drug-likeness (QED) is 0.0222. The van der Waals surface area contributed by atoms with Gasteiger partial charge < -0.3 is 33.8 Å². The average molecular weight is 1610 g/mol. The SMILES string of the molecule is CCCCCCCCCCCCCCCCCCCCCC(=O)OC[C@H](COP(=O)(O)OC[C@@H](O)COP(=O)(O)OC[C@@H](COC(=O)CCCCCCCCCCC(C)CC)OC(=O)CCCCCCCCCCCCCCCCCCC)OC(=O)CCCCCCCCCCCCCCCCCCCCC(C)CC. The second-order valence-corrected chi connectivity index (χ2v) is 36.1. The molecule has 0 aromatic heterocycles. The van der Waals surface area contributed by atoms with Crippen molar-refractivity contribution in [1.29, 1.82) is 0 Å². The van der Waals surface area contributed by atoms with Gasteiger partial charge in [0.25, 0.3) is 0 Å². The van der Waals surface area contributed by atoms with Gasteiger partial charge in [-0.25, -0.2) is 9.13 Å². The second-order valence-electron chi connectivity index (χ2n) is 33.2. The molecule has 0 amide bonds. The smallest absolute Gasteiger partial charge is 0.462 e. The zero-order valence-electron chi connectivity index (χ0n) is 72.6. The number of hydrogen-bond donors (Lipinski definition) is 3. The molecule has 0 rings (SSSR count). The summed E-state index contributed by atoms with van der Waals surface area (Å²) in [5.41, 5.74) is 0. The van der Waals surface area contributed by atoms with Gasteiger partial charge in [0, 0.05) is 25.7 Å². The Balaban J connectivity index is 5.25. The topological polar surface area (TPSA) is 237 Å². The lowest BCUT2D eigenvalue weighted by atomic mass is 9.99. The largest absolute Gasteiger partial charge is 0.472 e. The molecule has 654 valence electrons. The summed E-state index contributed by atoms with van der Waals surface area (Å²) in [6.07, 6.45) is 76.3. The maximum absolute atomic E-state index is 13.2. The van der Waals surface area contributed by atoms with Crippen LogP contribution in [0.3, 0.4) is 0 Å². The number of esters is 4. The predicted octanol–water partition coefficient (Wildman–Crippen LogP) is 28.2. The number of phosphoric acid groups is 2. The fourth-order valence-corrected chi connectivity index (χ4v) is 15.8. The minimum atomic E-state index is -4.97. The van der Waals surface area contributed by atoms with Crippen LogP contribution in [0.5, 0.6) is 0 Å². The lowest BCUT2D eigenvalue weighted by molar-refractivity contribution is -0.161. The molecule has 3 N–H and O–H groups in total. The van der Waals surface area contributed by atoms with E-state index in [0.717, 1.165) is 102 Å². The summed E-state index contributed by atoms with van der Waals surface area (Å²) in [7, 11) is -9.94. The van der Waals surface area contributed by atoms with Gasteiger partial charge in [0.05, 0.1) is 26.4 Å². The number of ether oxygens (including phenoxy) is 4. The molecule has 0 aliphatic carbocycles. The van der Waals surface area contributed by atoms with Crippen molar-refractivity contribution in [1.82, 2.24) is 0 Å². The summed E-state index contributed by atoms with van der Waals surface area (Å²) < 4.78 is 69.1. The average Bonchev–Trinajstić information content (AvgIpc) is 0.898. The number of aliphatic hydroxyl groups excluding tert-OH is 1. The van der Waals surface area contributed by atoms with Crippen molar-refractivity contribution in [2.75, 3.05) is 39.6 Å². The molecule has 0 saturated heterocycles. The Kier molecular flexibility index (Phi) is 80.7. The normalized spacial score (nSPS) is 14.2. The summed E-state index contributed by atoms with van der Waals surface area (Å²) in [6, 6.07) is 0. The molecule has 0 radical (unpaired) electrons. The zero-order chi connectivity index (χ0) is 80.6. The van der Waals surface area contributed by atoms with Crippen molar-refractivity contribution in [3.8, 4) is 0 Å². The molecule has 0 fully saturated rings. The van der Waals surface area contributed by atoms with Crippen LogP contribution in [0.4, 0.5) is 0 Å². The third-order valence-corrected chi connectivity index (χ3v) is 24.1. The predicted molar refractivity (Wildman–Crippen MR) is 455 cm³/mol. The monoisotopic (exact) mass is 1610 g/mol. The highest BCUT2D eigenvalue weighted by molar-refractivity contribution is 7.47. The maximum atomic E-state index is 13.2. The van der Waals surface area contributed by atoms with Crippen molar-refractivity contribution >= 4 is 39.5 Å². The number of hydrogen-bond acceptors (Lipinski definition) is 15. The van der Waals surface area contributed by atoms with E-state index in [-0.39, 0.29) is 25.7 Å². The van der Waals surface area contributed by atoms with Crippen molar-refractivity contribution < 1.29 is 80.2 Å². The van der Waals surface area contributed by atoms with Crippen LogP contribution in [-0.4, -0.2) is 96.7 Å². The fraction of sp³-hybridized carbons (Fsp3) is 0.956. The molecule has 0 aliphatic heterocycles. The molecule has 0 saturated carbocycles. The molecule has 4 unspecified atom stereocenters. The first-order valence-corrected chi connectivity index (χ1v) is 50.1. The molecule has 0 aliphatic rings. The highest BCUT2D eigenvalue weighted by Crippen LogP contribution is 2.45. The highest BCUT2D eigenvalue weighted by Gasteiger charge is 2.31. The van der Waals surface area contributed by atoms with Gasteiger partial charge in [-0.05, 0) is 37.5 Å². The van der Waals surface area contributed by atoms with Crippen LogP contribution >= 0.6 is 15.6 Å². The van der Waals surface area contributed by atoms with Gasteiger partial charge in [-0.2, -0.15) is 0 Å². The van der Waals surface area contributed by atoms with E-state index in [2.05, 4.69) is 41.5 Å². The van der Waals surface area contributed by atoms with Crippen molar-refractivity contribution in [3.05, 3.63) is 0 Å². The zero-order valence-corrected chi connectivity index (χ0v) is 74.4. The molecule has 0 aromatic rings. The first kappa shape index (κ1) is 108. The van der Waals surface area contributed by atoms with Crippen LogP contribution in [0.15, 0.2) is 0 Å². The third-order valence-electron chi connectivity index (χ3n) is 22.2. The van der Waals surface area contributed by atoms with Gasteiger partial charge in [0.1, 0.15) is 19.3 Å². The molecule has 0 bridgehead atoms. The van der Waals surface area contributed by atoms with Crippen molar-refractivity contribution in [3.63, 3.8) is 0 Å². The van der Waals surface area contributed by atoms with E-state index in [1.165, 1.54) is 308 Å². The van der Waals surface area contributed by atoms with E-state index in [0.29, 0.717) is 25.7 Å². The summed E-state index contributed by atoms with van der Waals surface area (Å²) in [5.74, 6) is -0.447. The van der Waals surface area contributed by atoms with Gasteiger partial charge in [-0.3, -0.25) is 37.3 Å². The van der Waals surface area contributed by atoms with Crippen molar-refractivity contribution in [2.45, 2.75) is 509 Å². The van der Waals surface area contributed by atoms with Crippen LogP contribution in [-0.2, 0) is 65.4 Å². The molecule has 17 nitrogen and oxygen atoms in total. The molecule has 0 aromatic carbocycles.